The van der Waals surface area contributed by atoms with Crippen molar-refractivity contribution < 1.29 is 8.83 Å². The largest absolute Gasteiger partial charge is 0.456 e. The highest BCUT2D eigenvalue weighted by Crippen LogP contribution is 2.48. The average Bonchev–Trinajstić information content (AvgIpc) is 1.58. The summed E-state index contributed by atoms with van der Waals surface area (Å²) in [6, 6.07) is 122. The molecule has 0 radical (unpaired) electrons. The summed E-state index contributed by atoms with van der Waals surface area (Å²) in [6.45, 7) is 0. The average molecular weight is 1490 g/mol. The lowest BCUT2D eigenvalue weighted by atomic mass is 9.93. The van der Waals surface area contributed by atoms with Gasteiger partial charge in [-0.1, -0.05) is 218 Å². The van der Waals surface area contributed by atoms with E-state index >= 15 is 0 Å². The minimum atomic E-state index is 0.0206. The highest BCUT2D eigenvalue weighted by atomic mass is 16.3. The van der Waals surface area contributed by atoms with Gasteiger partial charge in [0.2, 0.25) is 0 Å². The molecular weight excluding hydrogens is 1410 g/mol. The zero-order valence-electron chi connectivity index (χ0n) is 64.0. The number of benzene rings is 14. The molecule has 8 nitrogen and oxygen atoms in total. The van der Waals surface area contributed by atoms with Gasteiger partial charge < -0.3 is 37.6 Å². The maximum atomic E-state index is 6.52. The minimum absolute atomic E-state index is 0.0206. The number of para-hydroxylation sites is 6. The lowest BCUT2D eigenvalue weighted by molar-refractivity contribution is 0.595. The zero-order chi connectivity index (χ0) is 76.6. The van der Waals surface area contributed by atoms with Crippen LogP contribution < -0.4 is 19.6 Å². The molecule has 0 saturated heterocycles. The van der Waals surface area contributed by atoms with Crippen molar-refractivity contribution in [2.24, 2.45) is 0 Å². The molecule has 0 fully saturated rings. The number of allylic oxidation sites excluding steroid dienone is 10. The molecule has 4 heterocycles. The molecule has 18 aromatic rings. The Morgan fingerprint density at radius 3 is 1.53 bits per heavy atom. The molecule has 14 aromatic carbocycles. The third kappa shape index (κ3) is 12.2. The monoisotopic (exact) mass is 1490 g/mol. The second-order valence-corrected chi connectivity index (χ2v) is 30.9. The molecule has 2 atom stereocenters. The van der Waals surface area contributed by atoms with Gasteiger partial charge in [-0.3, -0.25) is 0 Å². The van der Waals surface area contributed by atoms with E-state index in [1.54, 1.807) is 0 Å². The molecule has 554 valence electrons. The predicted molar refractivity (Wildman–Crippen MR) is 486 cm³/mol. The Bertz CT molecular complexity index is 7070. The van der Waals surface area contributed by atoms with Crippen molar-refractivity contribution in [2.75, 3.05) is 19.6 Å². The summed E-state index contributed by atoms with van der Waals surface area (Å²) in [7, 11) is 0. The fraction of sp³-hybridized carbons (Fsp3) is 0.0741. The Hall–Kier alpha value is -14.6. The number of hydrogen-bond acceptors (Lipinski definition) is 6. The number of hydrogen-bond donors (Lipinski definition) is 0. The fourth-order valence-electron chi connectivity index (χ4n) is 18.6. The third-order valence-electron chi connectivity index (χ3n) is 24.1. The van der Waals surface area contributed by atoms with Crippen molar-refractivity contribution in [3.63, 3.8) is 0 Å². The number of fused-ring (bicyclic) bond motifs is 12. The van der Waals surface area contributed by atoms with Crippen LogP contribution in [0.15, 0.2) is 409 Å². The highest BCUT2D eigenvalue weighted by molar-refractivity contribution is 6.13. The maximum absolute atomic E-state index is 6.52. The number of rotatable bonds is 17. The number of aromatic nitrogens is 2. The molecule has 2 unspecified atom stereocenters. The minimum Gasteiger partial charge on any atom is -0.456 e. The van der Waals surface area contributed by atoms with Gasteiger partial charge in [0.05, 0.1) is 28.6 Å². The van der Waals surface area contributed by atoms with Crippen LogP contribution in [0.3, 0.4) is 0 Å². The normalized spacial score (nSPS) is 15.2. The van der Waals surface area contributed by atoms with E-state index in [2.05, 4.69) is 417 Å². The molecule has 4 aliphatic carbocycles. The lowest BCUT2D eigenvalue weighted by Crippen LogP contribution is -2.31. The van der Waals surface area contributed by atoms with Gasteiger partial charge in [0, 0.05) is 123 Å². The smallest absolute Gasteiger partial charge is 0.137 e. The predicted octanol–water partition coefficient (Wildman–Crippen LogP) is 29.6. The van der Waals surface area contributed by atoms with Gasteiger partial charge in [-0.25, -0.2) is 0 Å². The van der Waals surface area contributed by atoms with E-state index in [0.717, 1.165) is 146 Å². The molecule has 8 heteroatoms. The van der Waals surface area contributed by atoms with Crippen molar-refractivity contribution in [3.8, 4) is 16.8 Å². The summed E-state index contributed by atoms with van der Waals surface area (Å²) in [6.07, 6.45) is 30.9. The Labute approximate surface area is 673 Å². The van der Waals surface area contributed by atoms with Crippen LogP contribution >= 0.6 is 0 Å². The first kappa shape index (κ1) is 68.2. The van der Waals surface area contributed by atoms with Crippen molar-refractivity contribution in [3.05, 3.63) is 423 Å². The molecule has 0 aliphatic heterocycles. The second-order valence-electron chi connectivity index (χ2n) is 30.9. The van der Waals surface area contributed by atoms with Crippen LogP contribution in [0, 0.1) is 0 Å². The summed E-state index contributed by atoms with van der Waals surface area (Å²) in [4.78, 5) is 9.67. The van der Waals surface area contributed by atoms with Crippen molar-refractivity contribution in [2.45, 2.75) is 50.6 Å². The van der Waals surface area contributed by atoms with Crippen LogP contribution in [0.4, 0.5) is 56.9 Å². The summed E-state index contributed by atoms with van der Waals surface area (Å²) in [5, 5.41) is 8.32. The van der Waals surface area contributed by atoms with E-state index in [1.165, 1.54) is 82.4 Å². The van der Waals surface area contributed by atoms with E-state index in [1.807, 2.05) is 12.1 Å². The van der Waals surface area contributed by atoms with Gasteiger partial charge in [0.25, 0.3) is 0 Å². The first-order chi connectivity index (χ1) is 57.5. The van der Waals surface area contributed by atoms with E-state index < -0.39 is 0 Å². The molecule has 4 aliphatic rings. The Morgan fingerprint density at radius 1 is 0.319 bits per heavy atom. The van der Waals surface area contributed by atoms with E-state index in [-0.39, 0.29) is 12.1 Å². The summed E-state index contributed by atoms with van der Waals surface area (Å²) >= 11 is 0. The zero-order valence-corrected chi connectivity index (χ0v) is 64.0. The molecule has 0 bridgehead atoms. The second kappa shape index (κ2) is 28.9. The molecule has 4 aromatic heterocycles. The van der Waals surface area contributed by atoms with E-state index in [4.69, 9.17) is 8.83 Å². The van der Waals surface area contributed by atoms with E-state index in [9.17, 15) is 0 Å². The number of aryl methyl sites for hydroxylation is 1. The summed E-state index contributed by atoms with van der Waals surface area (Å²) in [5.41, 5.74) is 29.2. The van der Waals surface area contributed by atoms with Crippen LogP contribution in [0.25, 0.3) is 111 Å². The number of nitrogens with zero attached hydrogens (tertiary/aromatic N) is 6. The summed E-state index contributed by atoms with van der Waals surface area (Å²) in [5.74, 6) is 0.989. The highest BCUT2D eigenvalue weighted by Gasteiger charge is 2.29. The van der Waals surface area contributed by atoms with Crippen molar-refractivity contribution in [1.29, 1.82) is 0 Å². The molecule has 0 amide bonds. The topological polar surface area (TPSA) is 49.1 Å². The quantitative estimate of drug-likeness (QED) is 0.0905. The molecular formula is C108H80N6O2. The van der Waals surface area contributed by atoms with Crippen molar-refractivity contribution >= 4 is 151 Å². The van der Waals surface area contributed by atoms with Crippen LogP contribution in [-0.4, -0.2) is 15.2 Å². The van der Waals surface area contributed by atoms with Gasteiger partial charge in [0.15, 0.2) is 0 Å². The lowest BCUT2D eigenvalue weighted by Gasteiger charge is -2.35. The molecule has 116 heavy (non-hydrogen) atoms. The molecule has 0 N–H and O–H groups in total. The van der Waals surface area contributed by atoms with Gasteiger partial charge in [-0.2, -0.15) is 0 Å². The van der Waals surface area contributed by atoms with Gasteiger partial charge in [-0.15, -0.1) is 0 Å². The number of anilines is 10. The Balaban J connectivity index is 0.559. The molecule has 0 spiro atoms. The van der Waals surface area contributed by atoms with Crippen LogP contribution in [-0.2, 0) is 6.42 Å². The SMILES string of the molecule is C1=CCCC(c2ccc(N(c3ccc(N(c4ccccc4)c4ccc5c6ccccc6n(C6C=CC=C(c7ccc(N(C8=CCC(N(c9ccccc9)c9ccc%10c%11ccc(-c%12ccc%13oc%14c(c%13c%12)CCC=C%14)cc%11n(-c%11ccccc%11)c%10c9)C=C8)c8ccccc8)cc7)C6)c5c4)cc3)c3ccc4c(c3)oc3ccccc34)cc2)=C1. The summed E-state index contributed by atoms with van der Waals surface area (Å²) < 4.78 is 17.9. The standard InChI is InChI=1S/C108H80N6O2/c1-6-23-73(24-7-1)74-41-47-84(48-42-74)112(92-61-65-99-97-36-17-20-39-105(97)116-108(99)72-92)88-57-55-87(56-58-88)111(81-30-12-4-13-31-81)91-59-63-95-93-35-16-19-38-101(93)114(104(95)71-91)89-34-22-25-76(67-89)75-43-49-83(50-44-75)109(79-26-8-2-9-27-79)85-51-53-86(54-52-85)110(80-28-10-3-11-29-80)90-60-64-96-94-62-45-78(69-102(94)113(103(96)70-90)82-32-14-5-15-33-82)77-46-66-107-100(68-77)98-37-18-21-40-106(98)115-107/h1-6,8-17,19-23,25-36,38-53,55-66,68-72,86,89H,7,18,24,37,54,67H2. The van der Waals surface area contributed by atoms with Crippen molar-refractivity contribution in [1.82, 2.24) is 9.13 Å². The first-order valence-electron chi connectivity index (χ1n) is 40.6. The van der Waals surface area contributed by atoms with Crippen LogP contribution in [0.2, 0.25) is 0 Å². The fourth-order valence-corrected chi connectivity index (χ4v) is 18.6. The van der Waals surface area contributed by atoms with E-state index in [0.29, 0.717) is 0 Å². The first-order valence-corrected chi connectivity index (χ1v) is 40.6. The Kier molecular flexibility index (Phi) is 17.0. The maximum Gasteiger partial charge on any atom is 0.137 e. The van der Waals surface area contributed by atoms with Crippen LogP contribution in [0.1, 0.15) is 60.6 Å². The van der Waals surface area contributed by atoms with Crippen LogP contribution in [0.5, 0.6) is 0 Å². The van der Waals surface area contributed by atoms with Gasteiger partial charge in [-0.05, 0) is 248 Å². The van der Waals surface area contributed by atoms with Gasteiger partial charge in [0.1, 0.15) is 22.5 Å². The molecule has 0 saturated carbocycles. The third-order valence-corrected chi connectivity index (χ3v) is 24.1. The molecule has 22 rings (SSSR count). The van der Waals surface area contributed by atoms with Gasteiger partial charge >= 0.3 is 0 Å². The Morgan fingerprint density at radius 2 is 0.828 bits per heavy atom. The number of furan rings is 2.